The molecule has 2 rings (SSSR count). The van der Waals surface area contributed by atoms with Gasteiger partial charge in [-0.1, -0.05) is 12.1 Å². The van der Waals surface area contributed by atoms with E-state index < -0.39 is 35.9 Å². The quantitative estimate of drug-likeness (QED) is 0.571. The molecule has 0 aliphatic heterocycles. The number of halogens is 4. The molecule has 0 spiro atoms. The summed E-state index contributed by atoms with van der Waals surface area (Å²) in [5.41, 5.74) is 3.67. The van der Waals surface area contributed by atoms with Crippen LogP contribution >= 0.6 is 0 Å². The second-order valence-corrected chi connectivity index (χ2v) is 4.94. The number of amides is 2. The summed E-state index contributed by atoms with van der Waals surface area (Å²) in [5, 5.41) is 2.26. The van der Waals surface area contributed by atoms with Gasteiger partial charge in [-0.3, -0.25) is 20.4 Å². The van der Waals surface area contributed by atoms with Crippen LogP contribution < -0.4 is 16.2 Å². The van der Waals surface area contributed by atoms with Crippen LogP contribution in [0.4, 0.5) is 23.2 Å². The van der Waals surface area contributed by atoms with E-state index in [0.717, 1.165) is 18.2 Å². The zero-order valence-electron chi connectivity index (χ0n) is 12.7. The van der Waals surface area contributed by atoms with Crippen LogP contribution in [0.5, 0.6) is 0 Å². The smallest absolute Gasteiger partial charge is 0.343 e. The van der Waals surface area contributed by atoms with Crippen molar-refractivity contribution in [3.8, 4) is 0 Å². The minimum absolute atomic E-state index is 0.0274. The van der Waals surface area contributed by atoms with Crippen LogP contribution in [-0.2, 0) is 11.0 Å². The molecule has 0 aromatic heterocycles. The van der Waals surface area contributed by atoms with E-state index in [1.165, 1.54) is 30.3 Å². The Morgan fingerprint density at radius 2 is 1.72 bits per heavy atom. The van der Waals surface area contributed by atoms with Gasteiger partial charge in [0.15, 0.2) is 0 Å². The van der Waals surface area contributed by atoms with Crippen molar-refractivity contribution in [1.29, 1.82) is 0 Å². The van der Waals surface area contributed by atoms with E-state index in [1.807, 2.05) is 0 Å². The van der Waals surface area contributed by atoms with Crippen LogP contribution in [0.2, 0.25) is 0 Å². The largest absolute Gasteiger partial charge is 0.416 e. The molecule has 0 unspecified atom stereocenters. The third-order valence-electron chi connectivity index (χ3n) is 3.03. The number of carbonyl (C=O) groups excluding carboxylic acids is 2. The molecule has 2 aromatic rings. The Morgan fingerprint density at radius 3 is 2.40 bits per heavy atom. The number of alkyl halides is 3. The molecule has 25 heavy (non-hydrogen) atoms. The molecule has 0 fully saturated rings. The maximum Gasteiger partial charge on any atom is 0.416 e. The molecule has 3 N–H and O–H groups in total. The number of hydrogen-bond donors (Lipinski definition) is 3. The molecule has 0 aliphatic carbocycles. The molecule has 0 aliphatic rings. The van der Waals surface area contributed by atoms with Crippen LogP contribution in [0.15, 0.2) is 48.5 Å². The van der Waals surface area contributed by atoms with Crippen molar-refractivity contribution in [1.82, 2.24) is 10.7 Å². The molecular formula is C16H13F4N3O2. The molecular weight excluding hydrogens is 342 g/mol. The van der Waals surface area contributed by atoms with E-state index in [0.29, 0.717) is 0 Å². The van der Waals surface area contributed by atoms with Crippen LogP contribution in [0.25, 0.3) is 0 Å². The van der Waals surface area contributed by atoms with Gasteiger partial charge in [0, 0.05) is 5.56 Å². The van der Waals surface area contributed by atoms with Gasteiger partial charge in [0.2, 0.25) is 0 Å². The number of carbonyl (C=O) groups is 2. The predicted octanol–water partition coefficient (Wildman–Crippen LogP) is 2.72. The van der Waals surface area contributed by atoms with Gasteiger partial charge in [0.1, 0.15) is 5.82 Å². The number of nitrogens with one attached hydrogen (secondary N) is 3. The fourth-order valence-electron chi connectivity index (χ4n) is 1.85. The van der Waals surface area contributed by atoms with Gasteiger partial charge in [-0.05, 0) is 36.4 Å². The van der Waals surface area contributed by atoms with Gasteiger partial charge in [-0.25, -0.2) is 4.39 Å². The molecule has 0 radical (unpaired) electrons. The fourth-order valence-corrected chi connectivity index (χ4v) is 1.85. The number of hydrazine groups is 1. The summed E-state index contributed by atoms with van der Waals surface area (Å²) < 4.78 is 50.7. The minimum Gasteiger partial charge on any atom is -0.343 e. The maximum atomic E-state index is 13.0. The Balaban J connectivity index is 1.84. The van der Waals surface area contributed by atoms with Crippen LogP contribution in [-0.4, -0.2) is 18.4 Å². The first-order valence-electron chi connectivity index (χ1n) is 7.01. The molecule has 132 valence electrons. The summed E-state index contributed by atoms with van der Waals surface area (Å²) in [4.78, 5) is 23.3. The predicted molar refractivity (Wildman–Crippen MR) is 81.9 cm³/mol. The Bertz CT molecular complexity index is 778. The van der Waals surface area contributed by atoms with Crippen molar-refractivity contribution in [2.45, 2.75) is 6.18 Å². The third-order valence-corrected chi connectivity index (χ3v) is 3.03. The standard InChI is InChI=1S/C16H13F4N3O2/c17-12-5-1-3-10(7-12)15(25)21-9-14(24)23-22-13-6-2-4-11(8-13)16(18,19)20/h1-8,22H,9H2,(H,21,25)(H,23,24). The Labute approximate surface area is 140 Å². The third kappa shape index (κ3) is 5.48. The average molecular weight is 355 g/mol. The van der Waals surface area contributed by atoms with Gasteiger partial charge in [-0.15, -0.1) is 0 Å². The van der Waals surface area contributed by atoms with Crippen molar-refractivity contribution in [3.63, 3.8) is 0 Å². The van der Waals surface area contributed by atoms with Crippen molar-refractivity contribution < 1.29 is 27.2 Å². The Morgan fingerprint density at radius 1 is 1.00 bits per heavy atom. The Kier molecular flexibility index (Phi) is 5.58. The average Bonchev–Trinajstić information content (AvgIpc) is 2.57. The van der Waals surface area contributed by atoms with Gasteiger partial charge in [0.05, 0.1) is 17.8 Å². The summed E-state index contributed by atoms with van der Waals surface area (Å²) in [6.45, 7) is -0.443. The minimum atomic E-state index is -4.50. The molecule has 2 amide bonds. The molecule has 0 saturated carbocycles. The number of rotatable bonds is 5. The molecule has 0 atom stereocenters. The lowest BCUT2D eigenvalue weighted by molar-refractivity contribution is -0.137. The van der Waals surface area contributed by atoms with Gasteiger partial charge in [-0.2, -0.15) is 13.2 Å². The van der Waals surface area contributed by atoms with Crippen LogP contribution in [0.1, 0.15) is 15.9 Å². The van der Waals surface area contributed by atoms with Gasteiger partial charge < -0.3 is 5.32 Å². The topological polar surface area (TPSA) is 70.2 Å². The molecule has 2 aromatic carbocycles. The summed E-state index contributed by atoms with van der Waals surface area (Å²) in [7, 11) is 0. The second-order valence-electron chi connectivity index (χ2n) is 4.94. The van der Waals surface area contributed by atoms with E-state index in [2.05, 4.69) is 16.2 Å². The van der Waals surface area contributed by atoms with E-state index in [9.17, 15) is 27.2 Å². The summed E-state index contributed by atoms with van der Waals surface area (Å²) in [6.07, 6.45) is -4.50. The first-order valence-corrected chi connectivity index (χ1v) is 7.01. The number of anilines is 1. The molecule has 0 saturated heterocycles. The van der Waals surface area contributed by atoms with Crippen molar-refractivity contribution >= 4 is 17.5 Å². The lowest BCUT2D eigenvalue weighted by Crippen LogP contribution is -2.39. The van der Waals surface area contributed by atoms with Crippen molar-refractivity contribution in [3.05, 3.63) is 65.5 Å². The van der Waals surface area contributed by atoms with E-state index >= 15 is 0 Å². The zero-order chi connectivity index (χ0) is 18.4. The molecule has 0 heterocycles. The summed E-state index contributed by atoms with van der Waals surface area (Å²) >= 11 is 0. The first-order chi connectivity index (χ1) is 11.8. The second kappa shape index (κ2) is 7.65. The van der Waals surface area contributed by atoms with Gasteiger partial charge >= 0.3 is 6.18 Å². The monoisotopic (exact) mass is 355 g/mol. The Hall–Kier alpha value is -3.10. The highest BCUT2D eigenvalue weighted by Gasteiger charge is 2.30. The van der Waals surface area contributed by atoms with Gasteiger partial charge in [0.25, 0.3) is 11.8 Å². The van der Waals surface area contributed by atoms with Crippen LogP contribution in [0, 0.1) is 5.82 Å². The summed E-state index contributed by atoms with van der Waals surface area (Å²) in [5.74, 6) is -1.95. The maximum absolute atomic E-state index is 13.0. The highest BCUT2D eigenvalue weighted by Crippen LogP contribution is 2.30. The van der Waals surface area contributed by atoms with E-state index in [1.54, 1.807) is 0 Å². The highest BCUT2D eigenvalue weighted by atomic mass is 19.4. The van der Waals surface area contributed by atoms with Crippen LogP contribution in [0.3, 0.4) is 0 Å². The first kappa shape index (κ1) is 18.2. The van der Waals surface area contributed by atoms with E-state index in [4.69, 9.17) is 0 Å². The highest BCUT2D eigenvalue weighted by molar-refractivity contribution is 5.96. The SMILES string of the molecule is O=C(CNC(=O)c1cccc(F)c1)NNc1cccc(C(F)(F)F)c1. The van der Waals surface area contributed by atoms with E-state index in [-0.39, 0.29) is 11.3 Å². The summed E-state index contributed by atoms with van der Waals surface area (Å²) in [6, 6.07) is 9.13. The number of benzene rings is 2. The zero-order valence-corrected chi connectivity index (χ0v) is 12.7. The van der Waals surface area contributed by atoms with Crippen molar-refractivity contribution in [2.75, 3.05) is 12.0 Å². The fraction of sp³-hybridized carbons (Fsp3) is 0.125. The number of hydrogen-bond acceptors (Lipinski definition) is 3. The van der Waals surface area contributed by atoms with Crippen molar-refractivity contribution in [2.24, 2.45) is 0 Å². The molecule has 9 heteroatoms. The lowest BCUT2D eigenvalue weighted by Gasteiger charge is -2.12. The normalized spacial score (nSPS) is 10.9. The molecule has 5 nitrogen and oxygen atoms in total. The lowest BCUT2D eigenvalue weighted by atomic mass is 10.2. The molecule has 0 bridgehead atoms.